The van der Waals surface area contributed by atoms with Crippen LogP contribution in [-0.2, 0) is 10.0 Å². The number of hydrogen-bond donors (Lipinski definition) is 2. The van der Waals surface area contributed by atoms with Crippen LogP contribution in [0.1, 0.15) is 9.67 Å². The number of carboxylic acid groups (broad SMARTS) is 1. The Kier molecular flexibility index (Phi) is 4.11. The second kappa shape index (κ2) is 5.51. The molecule has 1 aromatic heterocycles. The molecule has 0 aliphatic rings. The number of rotatable bonds is 4. The number of benzene rings is 1. The molecule has 0 amide bonds. The second-order valence-corrected chi connectivity index (χ2v) is 7.13. The average molecular weight is 380 g/mol. The first-order chi connectivity index (χ1) is 9.31. The summed E-state index contributed by atoms with van der Waals surface area (Å²) in [5, 5.41) is 10.3. The third-order valence-electron chi connectivity index (χ3n) is 2.29. The van der Waals surface area contributed by atoms with E-state index in [4.69, 9.17) is 5.11 Å². The van der Waals surface area contributed by atoms with Crippen molar-refractivity contribution in [3.8, 4) is 0 Å². The first-order valence-corrected chi connectivity index (χ1v) is 8.25. The minimum Gasteiger partial charge on any atom is -0.477 e. The molecule has 9 heteroatoms. The van der Waals surface area contributed by atoms with E-state index in [0.29, 0.717) is 4.47 Å². The Bertz CT molecular complexity index is 772. The smallest absolute Gasteiger partial charge is 0.347 e. The number of carbonyl (C=O) groups is 1. The van der Waals surface area contributed by atoms with Gasteiger partial charge in [0.1, 0.15) is 15.6 Å². The number of aromatic carboxylic acids is 1. The van der Waals surface area contributed by atoms with Crippen LogP contribution in [0.2, 0.25) is 0 Å². The number of nitrogens with one attached hydrogen (secondary N) is 1. The van der Waals surface area contributed by atoms with Crippen molar-refractivity contribution >= 4 is 48.9 Å². The van der Waals surface area contributed by atoms with E-state index in [-0.39, 0.29) is 10.6 Å². The normalized spacial score (nSPS) is 11.3. The van der Waals surface area contributed by atoms with Crippen LogP contribution in [0, 0.1) is 5.82 Å². The zero-order valence-electron chi connectivity index (χ0n) is 9.63. The Morgan fingerprint density at radius 1 is 1.35 bits per heavy atom. The van der Waals surface area contributed by atoms with Crippen molar-refractivity contribution in [3.63, 3.8) is 0 Å². The highest BCUT2D eigenvalue weighted by Gasteiger charge is 2.24. The molecule has 0 radical (unpaired) electrons. The zero-order chi connectivity index (χ0) is 14.9. The predicted molar refractivity (Wildman–Crippen MR) is 76.2 cm³/mol. The van der Waals surface area contributed by atoms with E-state index >= 15 is 0 Å². The summed E-state index contributed by atoms with van der Waals surface area (Å²) in [5.41, 5.74) is -0.262. The summed E-state index contributed by atoms with van der Waals surface area (Å²) in [6.45, 7) is 0. The SMILES string of the molecule is O=C(O)c1sccc1S(=O)(=O)Nc1cc(Br)ccc1F. The first-order valence-electron chi connectivity index (χ1n) is 5.10. The van der Waals surface area contributed by atoms with Gasteiger partial charge in [0.25, 0.3) is 10.0 Å². The Morgan fingerprint density at radius 2 is 2.05 bits per heavy atom. The Hall–Kier alpha value is -1.45. The lowest BCUT2D eigenvalue weighted by molar-refractivity contribution is 0.0698. The van der Waals surface area contributed by atoms with E-state index in [1.165, 1.54) is 17.5 Å². The molecule has 5 nitrogen and oxygen atoms in total. The molecule has 1 aromatic carbocycles. The van der Waals surface area contributed by atoms with Gasteiger partial charge in [0.05, 0.1) is 5.69 Å². The molecule has 1 heterocycles. The van der Waals surface area contributed by atoms with E-state index in [9.17, 15) is 17.6 Å². The van der Waals surface area contributed by atoms with Crippen molar-refractivity contribution in [2.45, 2.75) is 4.90 Å². The molecular formula is C11H7BrFNO4S2. The van der Waals surface area contributed by atoms with E-state index < -0.39 is 26.7 Å². The van der Waals surface area contributed by atoms with Crippen LogP contribution in [0.3, 0.4) is 0 Å². The molecule has 0 aliphatic heterocycles. The van der Waals surface area contributed by atoms with Gasteiger partial charge in [0.15, 0.2) is 0 Å². The highest BCUT2D eigenvalue weighted by atomic mass is 79.9. The maximum Gasteiger partial charge on any atom is 0.347 e. The number of hydrogen-bond acceptors (Lipinski definition) is 4. The monoisotopic (exact) mass is 379 g/mol. The van der Waals surface area contributed by atoms with Crippen LogP contribution in [0.15, 0.2) is 39.0 Å². The Balaban J connectivity index is 2.44. The Labute approximate surface area is 126 Å². The van der Waals surface area contributed by atoms with Gasteiger partial charge in [-0.15, -0.1) is 11.3 Å². The topological polar surface area (TPSA) is 83.5 Å². The largest absolute Gasteiger partial charge is 0.477 e. The number of thiophene rings is 1. The maximum absolute atomic E-state index is 13.5. The summed E-state index contributed by atoms with van der Waals surface area (Å²) in [4.78, 5) is 10.2. The van der Waals surface area contributed by atoms with Gasteiger partial charge in [-0.1, -0.05) is 15.9 Å². The van der Waals surface area contributed by atoms with Crippen molar-refractivity contribution in [2.75, 3.05) is 4.72 Å². The molecule has 0 unspecified atom stereocenters. The maximum atomic E-state index is 13.5. The summed E-state index contributed by atoms with van der Waals surface area (Å²) >= 11 is 3.88. The summed E-state index contributed by atoms with van der Waals surface area (Å²) < 4.78 is 40.3. The highest BCUT2D eigenvalue weighted by molar-refractivity contribution is 9.10. The fourth-order valence-corrected chi connectivity index (χ4v) is 4.12. The summed E-state index contributed by atoms with van der Waals surface area (Å²) in [6, 6.07) is 4.92. The summed E-state index contributed by atoms with van der Waals surface area (Å²) in [5.74, 6) is -2.11. The van der Waals surface area contributed by atoms with Crippen molar-refractivity contribution < 1.29 is 22.7 Å². The van der Waals surface area contributed by atoms with E-state index in [0.717, 1.165) is 23.5 Å². The summed E-state index contributed by atoms with van der Waals surface area (Å²) in [7, 11) is -4.17. The minimum absolute atomic E-state index is 0.262. The third kappa shape index (κ3) is 3.00. The molecular weight excluding hydrogens is 373 g/mol. The number of sulfonamides is 1. The zero-order valence-corrected chi connectivity index (χ0v) is 12.9. The van der Waals surface area contributed by atoms with Gasteiger partial charge in [-0.05, 0) is 29.6 Å². The molecule has 0 atom stereocenters. The van der Waals surface area contributed by atoms with Crippen LogP contribution < -0.4 is 4.72 Å². The molecule has 0 spiro atoms. The van der Waals surface area contributed by atoms with Gasteiger partial charge in [-0.2, -0.15) is 0 Å². The molecule has 0 saturated heterocycles. The fraction of sp³-hybridized carbons (Fsp3) is 0. The van der Waals surface area contributed by atoms with Crippen LogP contribution in [0.4, 0.5) is 10.1 Å². The van der Waals surface area contributed by atoms with Gasteiger partial charge < -0.3 is 5.11 Å². The molecule has 2 N–H and O–H groups in total. The Morgan fingerprint density at radius 3 is 2.70 bits per heavy atom. The van der Waals surface area contributed by atoms with Crippen LogP contribution in [0.5, 0.6) is 0 Å². The number of anilines is 1. The van der Waals surface area contributed by atoms with E-state index in [1.807, 2.05) is 4.72 Å². The molecule has 0 aliphatic carbocycles. The molecule has 20 heavy (non-hydrogen) atoms. The molecule has 0 saturated carbocycles. The van der Waals surface area contributed by atoms with Gasteiger partial charge in [-0.3, -0.25) is 4.72 Å². The first kappa shape index (κ1) is 14.9. The fourth-order valence-electron chi connectivity index (χ4n) is 1.44. The quantitative estimate of drug-likeness (QED) is 0.854. The minimum atomic E-state index is -4.17. The number of halogens is 2. The van der Waals surface area contributed by atoms with Crippen molar-refractivity contribution in [2.24, 2.45) is 0 Å². The molecule has 2 aromatic rings. The van der Waals surface area contributed by atoms with Gasteiger partial charge >= 0.3 is 5.97 Å². The molecule has 0 bridgehead atoms. The van der Waals surface area contributed by atoms with Crippen LogP contribution in [-0.4, -0.2) is 19.5 Å². The van der Waals surface area contributed by atoms with Crippen molar-refractivity contribution in [1.29, 1.82) is 0 Å². The third-order valence-corrected chi connectivity index (χ3v) is 5.22. The summed E-state index contributed by atoms with van der Waals surface area (Å²) in [6.07, 6.45) is 0. The standard InChI is InChI=1S/C11H7BrFNO4S2/c12-6-1-2-7(13)8(5-6)14-20(17,18)9-3-4-19-10(9)11(15)16/h1-5,14H,(H,15,16). The van der Waals surface area contributed by atoms with Gasteiger partial charge in [0, 0.05) is 4.47 Å². The average Bonchev–Trinajstić information content (AvgIpc) is 2.83. The lowest BCUT2D eigenvalue weighted by Gasteiger charge is -2.09. The lowest BCUT2D eigenvalue weighted by atomic mass is 10.3. The molecule has 2 rings (SSSR count). The number of carboxylic acids is 1. The molecule has 0 fully saturated rings. The van der Waals surface area contributed by atoms with E-state index in [2.05, 4.69) is 15.9 Å². The lowest BCUT2D eigenvalue weighted by Crippen LogP contribution is -2.16. The molecule has 106 valence electrons. The van der Waals surface area contributed by atoms with Crippen LogP contribution >= 0.6 is 27.3 Å². The van der Waals surface area contributed by atoms with Gasteiger partial charge in [-0.25, -0.2) is 17.6 Å². The van der Waals surface area contributed by atoms with E-state index in [1.54, 1.807) is 0 Å². The van der Waals surface area contributed by atoms with Crippen molar-refractivity contribution in [3.05, 3.63) is 44.8 Å². The van der Waals surface area contributed by atoms with Gasteiger partial charge in [0.2, 0.25) is 0 Å². The highest BCUT2D eigenvalue weighted by Crippen LogP contribution is 2.27. The predicted octanol–water partition coefficient (Wildman–Crippen LogP) is 3.15. The van der Waals surface area contributed by atoms with Crippen LogP contribution in [0.25, 0.3) is 0 Å². The van der Waals surface area contributed by atoms with Crippen molar-refractivity contribution in [1.82, 2.24) is 0 Å². The second-order valence-electron chi connectivity index (χ2n) is 3.65.